The standard InChI is InChI=1S/C42H55N3O3/c1-8-10-11-12-25-48-37-21-15-30(16-22-37)39(40(46)47-7)38(14-9-2)33-26-31-28-35(29-32(31)27-33)44-43-34-17-19-36(20-18-34)45-41(3,4)23-13-24-42(45,5)6/h15-22,26,29H,8-14,23-25,27-28H2,1-7H3/b39-38-,44-43+. The summed E-state index contributed by atoms with van der Waals surface area (Å²) >= 11 is 0. The summed E-state index contributed by atoms with van der Waals surface area (Å²) in [6.07, 6.45) is 16.0. The summed E-state index contributed by atoms with van der Waals surface area (Å²) in [5, 5.41) is 9.26. The minimum absolute atomic E-state index is 0.120. The largest absolute Gasteiger partial charge is 0.494 e. The van der Waals surface area contributed by atoms with Crippen LogP contribution in [0.25, 0.3) is 5.57 Å². The van der Waals surface area contributed by atoms with E-state index in [2.05, 4.69) is 93.1 Å². The van der Waals surface area contributed by atoms with E-state index in [4.69, 9.17) is 9.47 Å². The summed E-state index contributed by atoms with van der Waals surface area (Å²) in [7, 11) is 1.46. The Bertz CT molecular complexity index is 1590. The van der Waals surface area contributed by atoms with Crippen LogP contribution in [0.4, 0.5) is 11.4 Å². The van der Waals surface area contributed by atoms with Gasteiger partial charge in [-0.2, -0.15) is 10.2 Å². The van der Waals surface area contributed by atoms with Crippen LogP contribution in [0.3, 0.4) is 0 Å². The molecule has 2 aromatic carbocycles. The Morgan fingerprint density at radius 2 is 1.50 bits per heavy atom. The first-order chi connectivity index (χ1) is 23.1. The van der Waals surface area contributed by atoms with Crippen molar-refractivity contribution in [2.75, 3.05) is 18.6 Å². The Kier molecular flexibility index (Phi) is 11.4. The molecule has 1 heterocycles. The average Bonchev–Trinajstić information content (AvgIpc) is 3.63. The molecule has 0 saturated carbocycles. The van der Waals surface area contributed by atoms with Crippen molar-refractivity contribution in [3.63, 3.8) is 0 Å². The topological polar surface area (TPSA) is 63.5 Å². The van der Waals surface area contributed by atoms with E-state index in [0.29, 0.717) is 12.2 Å². The van der Waals surface area contributed by atoms with Gasteiger partial charge in [0.15, 0.2) is 0 Å². The molecule has 0 atom stereocenters. The lowest BCUT2D eigenvalue weighted by molar-refractivity contribution is -0.133. The fourth-order valence-electron chi connectivity index (χ4n) is 7.82. The SMILES string of the molecule is CCCCCCOc1ccc(/C(C(=O)OC)=C(\CCC)C2=CC3=C(C=C(/N=N/c4ccc(N5C(C)(C)CCCC5(C)C)cc4)C3)C2)cc1. The molecule has 2 aliphatic carbocycles. The van der Waals surface area contributed by atoms with Crippen LogP contribution in [0.2, 0.25) is 0 Å². The summed E-state index contributed by atoms with van der Waals surface area (Å²) in [4.78, 5) is 15.8. The van der Waals surface area contributed by atoms with Crippen LogP contribution >= 0.6 is 0 Å². The van der Waals surface area contributed by atoms with Crippen LogP contribution in [0.1, 0.15) is 118 Å². The van der Waals surface area contributed by atoms with Crippen molar-refractivity contribution in [3.8, 4) is 5.75 Å². The zero-order valence-corrected chi connectivity index (χ0v) is 30.3. The smallest absolute Gasteiger partial charge is 0.338 e. The van der Waals surface area contributed by atoms with Crippen molar-refractivity contribution in [1.82, 2.24) is 0 Å². The van der Waals surface area contributed by atoms with Crippen molar-refractivity contribution < 1.29 is 14.3 Å². The van der Waals surface area contributed by atoms with Gasteiger partial charge in [0.1, 0.15) is 5.75 Å². The molecule has 0 bridgehead atoms. The summed E-state index contributed by atoms with van der Waals surface area (Å²) < 4.78 is 11.3. The minimum atomic E-state index is -0.303. The molecule has 0 N–H and O–H groups in total. The van der Waals surface area contributed by atoms with Crippen LogP contribution in [0, 0.1) is 0 Å². The van der Waals surface area contributed by atoms with Crippen molar-refractivity contribution in [3.05, 3.63) is 94.2 Å². The van der Waals surface area contributed by atoms with E-state index in [-0.39, 0.29) is 17.0 Å². The number of azo groups is 1. The molecule has 6 heteroatoms. The monoisotopic (exact) mass is 649 g/mol. The van der Waals surface area contributed by atoms with E-state index in [9.17, 15) is 4.79 Å². The van der Waals surface area contributed by atoms with Crippen molar-refractivity contribution >= 4 is 22.9 Å². The van der Waals surface area contributed by atoms with Crippen LogP contribution in [0.5, 0.6) is 5.75 Å². The normalized spacial score (nSPS) is 18.9. The molecule has 48 heavy (non-hydrogen) atoms. The Hall–Kier alpha value is -3.93. The number of piperidine rings is 1. The van der Waals surface area contributed by atoms with E-state index in [1.807, 2.05) is 24.3 Å². The Morgan fingerprint density at radius 3 is 2.12 bits per heavy atom. The van der Waals surface area contributed by atoms with Gasteiger partial charge in [-0.1, -0.05) is 57.7 Å². The number of hydrogen-bond donors (Lipinski definition) is 0. The molecule has 0 unspecified atom stereocenters. The number of unbranched alkanes of at least 4 members (excludes halogenated alkanes) is 3. The first-order valence-corrected chi connectivity index (χ1v) is 18.1. The molecule has 2 aromatic rings. The third kappa shape index (κ3) is 8.19. The molecular weight excluding hydrogens is 594 g/mol. The first-order valence-electron chi connectivity index (χ1n) is 18.1. The van der Waals surface area contributed by atoms with Gasteiger partial charge < -0.3 is 14.4 Å². The molecule has 3 aliphatic rings. The van der Waals surface area contributed by atoms with Crippen LogP contribution < -0.4 is 9.64 Å². The number of esters is 1. The van der Waals surface area contributed by atoms with Gasteiger partial charge in [-0.3, -0.25) is 0 Å². The molecule has 0 radical (unpaired) electrons. The molecule has 6 nitrogen and oxygen atoms in total. The molecule has 0 spiro atoms. The van der Waals surface area contributed by atoms with Gasteiger partial charge in [0.05, 0.1) is 30.7 Å². The van der Waals surface area contributed by atoms with E-state index >= 15 is 0 Å². The number of carbonyl (C=O) groups excluding carboxylic acids is 1. The second kappa shape index (κ2) is 15.5. The van der Waals surface area contributed by atoms with Gasteiger partial charge in [0, 0.05) is 23.2 Å². The number of anilines is 1. The van der Waals surface area contributed by atoms with Crippen molar-refractivity contribution in [1.29, 1.82) is 0 Å². The third-order valence-electron chi connectivity index (χ3n) is 10.0. The molecule has 0 amide bonds. The van der Waals surface area contributed by atoms with E-state index < -0.39 is 0 Å². The molecule has 1 aliphatic heterocycles. The highest BCUT2D eigenvalue weighted by atomic mass is 16.5. The summed E-state index contributed by atoms with van der Waals surface area (Å²) in [6.45, 7) is 14.5. The van der Waals surface area contributed by atoms with E-state index in [0.717, 1.165) is 60.4 Å². The van der Waals surface area contributed by atoms with Crippen molar-refractivity contribution in [2.24, 2.45) is 10.2 Å². The molecule has 1 fully saturated rings. The zero-order valence-electron chi connectivity index (χ0n) is 30.3. The van der Waals surface area contributed by atoms with Crippen molar-refractivity contribution in [2.45, 2.75) is 123 Å². The van der Waals surface area contributed by atoms with Gasteiger partial charge in [0.25, 0.3) is 0 Å². The minimum Gasteiger partial charge on any atom is -0.494 e. The molecule has 256 valence electrons. The Balaban J connectivity index is 1.27. The van der Waals surface area contributed by atoms with E-state index in [1.54, 1.807) is 0 Å². The van der Waals surface area contributed by atoms with Gasteiger partial charge in [-0.25, -0.2) is 4.79 Å². The van der Waals surface area contributed by atoms with Crippen LogP contribution in [-0.2, 0) is 9.53 Å². The fraction of sp³-hybridized carbons (Fsp3) is 0.500. The predicted molar refractivity (Wildman–Crippen MR) is 198 cm³/mol. The van der Waals surface area contributed by atoms with Crippen LogP contribution in [0.15, 0.2) is 98.9 Å². The predicted octanol–water partition coefficient (Wildman–Crippen LogP) is 11.6. The second-order valence-electron chi connectivity index (χ2n) is 14.8. The molecular formula is C42H55N3O3. The lowest BCUT2D eigenvalue weighted by Crippen LogP contribution is -2.58. The number of nitrogens with zero attached hydrogens (tertiary/aromatic N) is 3. The van der Waals surface area contributed by atoms with E-state index in [1.165, 1.54) is 68.0 Å². The fourth-order valence-corrected chi connectivity index (χ4v) is 7.82. The number of rotatable bonds is 14. The summed E-state index contributed by atoms with van der Waals surface area (Å²) in [6, 6.07) is 16.4. The summed E-state index contributed by atoms with van der Waals surface area (Å²) in [5.74, 6) is 0.526. The number of ether oxygens (including phenoxy) is 2. The highest BCUT2D eigenvalue weighted by Gasteiger charge is 2.41. The summed E-state index contributed by atoms with van der Waals surface area (Å²) in [5.41, 5.74) is 9.58. The Labute approximate surface area is 288 Å². The third-order valence-corrected chi connectivity index (χ3v) is 10.0. The second-order valence-corrected chi connectivity index (χ2v) is 14.8. The number of methoxy groups -OCH3 is 1. The number of carbonyl (C=O) groups is 1. The lowest BCUT2D eigenvalue weighted by Gasteiger charge is -2.54. The van der Waals surface area contributed by atoms with Crippen LogP contribution in [-0.4, -0.2) is 30.8 Å². The number of hydrogen-bond acceptors (Lipinski definition) is 6. The first kappa shape index (κ1) is 35.4. The molecule has 5 rings (SSSR count). The Morgan fingerprint density at radius 1 is 0.812 bits per heavy atom. The molecule has 1 saturated heterocycles. The number of allylic oxidation sites excluding steroid dienone is 6. The van der Waals surface area contributed by atoms with Gasteiger partial charge in [-0.15, -0.1) is 0 Å². The highest BCUT2D eigenvalue weighted by Crippen LogP contribution is 2.44. The van der Waals surface area contributed by atoms with Gasteiger partial charge in [-0.05, 0) is 137 Å². The van der Waals surface area contributed by atoms with Gasteiger partial charge >= 0.3 is 5.97 Å². The maximum absolute atomic E-state index is 13.2. The quantitative estimate of drug-likeness (QED) is 0.0884. The highest BCUT2D eigenvalue weighted by molar-refractivity contribution is 6.18. The average molecular weight is 650 g/mol. The van der Waals surface area contributed by atoms with Gasteiger partial charge in [0.2, 0.25) is 0 Å². The zero-order chi connectivity index (χ0) is 34.3. The maximum atomic E-state index is 13.2. The molecule has 0 aromatic heterocycles. The maximum Gasteiger partial charge on any atom is 0.338 e. The number of benzene rings is 2. The lowest BCUT2D eigenvalue weighted by atomic mass is 9.79.